The SMILES string of the molecule is CCOC(=O)CC(NC(=O)c1cc(-c2ccccc2)no1)c1ccccc1. The molecule has 1 unspecified atom stereocenters. The molecule has 27 heavy (non-hydrogen) atoms. The quantitative estimate of drug-likeness (QED) is 0.646. The molecule has 0 aliphatic rings. The lowest BCUT2D eigenvalue weighted by molar-refractivity contribution is -0.143. The van der Waals surface area contributed by atoms with Gasteiger partial charge in [-0.15, -0.1) is 0 Å². The number of hydrogen-bond acceptors (Lipinski definition) is 5. The molecule has 0 bridgehead atoms. The van der Waals surface area contributed by atoms with Gasteiger partial charge >= 0.3 is 5.97 Å². The minimum atomic E-state index is -0.525. The zero-order valence-corrected chi connectivity index (χ0v) is 14.9. The number of esters is 1. The van der Waals surface area contributed by atoms with Crippen molar-refractivity contribution in [3.05, 3.63) is 78.1 Å². The summed E-state index contributed by atoms with van der Waals surface area (Å²) < 4.78 is 10.2. The second-order valence-corrected chi connectivity index (χ2v) is 5.89. The van der Waals surface area contributed by atoms with Crippen LogP contribution in [0.4, 0.5) is 0 Å². The lowest BCUT2D eigenvalue weighted by Gasteiger charge is -2.17. The number of hydrogen-bond donors (Lipinski definition) is 1. The van der Waals surface area contributed by atoms with E-state index in [1.54, 1.807) is 13.0 Å². The monoisotopic (exact) mass is 364 g/mol. The van der Waals surface area contributed by atoms with Crippen LogP contribution in [-0.4, -0.2) is 23.6 Å². The van der Waals surface area contributed by atoms with Crippen molar-refractivity contribution in [2.75, 3.05) is 6.61 Å². The van der Waals surface area contributed by atoms with E-state index >= 15 is 0 Å². The summed E-state index contributed by atoms with van der Waals surface area (Å²) in [6.07, 6.45) is 0.0310. The molecule has 1 aromatic heterocycles. The van der Waals surface area contributed by atoms with Crippen LogP contribution < -0.4 is 5.32 Å². The first-order valence-corrected chi connectivity index (χ1v) is 8.71. The van der Waals surface area contributed by atoms with Gasteiger partial charge in [0.25, 0.3) is 5.91 Å². The van der Waals surface area contributed by atoms with Crippen LogP contribution in [0.1, 0.15) is 35.5 Å². The summed E-state index contributed by atoms with van der Waals surface area (Å²) in [5.74, 6) is -0.740. The topological polar surface area (TPSA) is 81.4 Å². The molecule has 0 saturated heterocycles. The number of benzene rings is 2. The van der Waals surface area contributed by atoms with Gasteiger partial charge in [0.05, 0.1) is 19.1 Å². The van der Waals surface area contributed by atoms with Gasteiger partial charge in [0.1, 0.15) is 5.69 Å². The van der Waals surface area contributed by atoms with Crippen molar-refractivity contribution >= 4 is 11.9 Å². The number of nitrogens with zero attached hydrogens (tertiary/aromatic N) is 1. The Morgan fingerprint density at radius 2 is 1.74 bits per heavy atom. The Labute approximate surface area is 157 Å². The molecule has 1 heterocycles. The Kier molecular flexibility index (Phi) is 5.99. The number of aromatic nitrogens is 1. The Hall–Kier alpha value is -3.41. The molecule has 1 amide bonds. The van der Waals surface area contributed by atoms with Crippen LogP contribution in [0.3, 0.4) is 0 Å². The number of nitrogens with one attached hydrogen (secondary N) is 1. The second kappa shape index (κ2) is 8.80. The molecule has 1 N–H and O–H groups in total. The minimum absolute atomic E-state index is 0.0310. The number of amides is 1. The number of carbonyl (C=O) groups is 2. The summed E-state index contributed by atoms with van der Waals surface area (Å²) in [6.45, 7) is 2.03. The van der Waals surface area contributed by atoms with Crippen molar-refractivity contribution in [2.45, 2.75) is 19.4 Å². The average molecular weight is 364 g/mol. The molecule has 6 nitrogen and oxygen atoms in total. The number of carbonyl (C=O) groups excluding carboxylic acids is 2. The van der Waals surface area contributed by atoms with Gasteiger partial charge in [0.15, 0.2) is 0 Å². The van der Waals surface area contributed by atoms with Crippen LogP contribution in [0, 0.1) is 0 Å². The summed E-state index contributed by atoms with van der Waals surface area (Å²) in [6, 6.07) is 19.7. The molecule has 3 aromatic rings. The van der Waals surface area contributed by atoms with Gasteiger partial charge in [-0.1, -0.05) is 65.8 Å². The minimum Gasteiger partial charge on any atom is -0.466 e. The molecule has 2 aromatic carbocycles. The van der Waals surface area contributed by atoms with Crippen LogP contribution in [0.2, 0.25) is 0 Å². The lowest BCUT2D eigenvalue weighted by Crippen LogP contribution is -2.30. The highest BCUT2D eigenvalue weighted by Gasteiger charge is 2.22. The van der Waals surface area contributed by atoms with Crippen molar-refractivity contribution in [1.82, 2.24) is 10.5 Å². The largest absolute Gasteiger partial charge is 0.466 e. The molecular formula is C21H20N2O4. The van der Waals surface area contributed by atoms with E-state index in [2.05, 4.69) is 10.5 Å². The van der Waals surface area contributed by atoms with Gasteiger partial charge in [-0.3, -0.25) is 9.59 Å². The van der Waals surface area contributed by atoms with Gasteiger partial charge in [-0.25, -0.2) is 0 Å². The molecule has 138 valence electrons. The third-order valence-corrected chi connectivity index (χ3v) is 3.99. The van der Waals surface area contributed by atoms with Crippen molar-refractivity contribution in [2.24, 2.45) is 0 Å². The fourth-order valence-corrected chi connectivity index (χ4v) is 2.68. The van der Waals surface area contributed by atoms with Gasteiger partial charge in [0.2, 0.25) is 5.76 Å². The third-order valence-electron chi connectivity index (χ3n) is 3.99. The zero-order valence-electron chi connectivity index (χ0n) is 14.9. The summed E-state index contributed by atoms with van der Waals surface area (Å²) in [5.41, 5.74) is 2.23. The Morgan fingerprint density at radius 3 is 2.41 bits per heavy atom. The molecular weight excluding hydrogens is 344 g/mol. The summed E-state index contributed by atoms with van der Waals surface area (Å²) in [7, 11) is 0. The molecule has 0 saturated carbocycles. The second-order valence-electron chi connectivity index (χ2n) is 5.89. The molecule has 0 radical (unpaired) electrons. The van der Waals surface area contributed by atoms with Crippen LogP contribution in [-0.2, 0) is 9.53 Å². The predicted molar refractivity (Wildman–Crippen MR) is 99.8 cm³/mol. The first-order valence-electron chi connectivity index (χ1n) is 8.71. The van der Waals surface area contributed by atoms with Crippen LogP contribution >= 0.6 is 0 Å². The van der Waals surface area contributed by atoms with E-state index in [-0.39, 0.29) is 24.8 Å². The van der Waals surface area contributed by atoms with Crippen molar-refractivity contribution in [3.63, 3.8) is 0 Å². The van der Waals surface area contributed by atoms with E-state index in [0.29, 0.717) is 5.69 Å². The maximum Gasteiger partial charge on any atom is 0.308 e. The number of rotatable bonds is 7. The molecule has 0 aliphatic carbocycles. The van der Waals surface area contributed by atoms with E-state index in [0.717, 1.165) is 11.1 Å². The Morgan fingerprint density at radius 1 is 1.07 bits per heavy atom. The highest BCUT2D eigenvalue weighted by atomic mass is 16.5. The number of ether oxygens (including phenoxy) is 1. The zero-order chi connectivity index (χ0) is 19.1. The van der Waals surface area contributed by atoms with Crippen molar-refractivity contribution < 1.29 is 18.8 Å². The van der Waals surface area contributed by atoms with Crippen molar-refractivity contribution in [1.29, 1.82) is 0 Å². The normalized spacial score (nSPS) is 11.6. The van der Waals surface area contributed by atoms with E-state index < -0.39 is 11.9 Å². The fourth-order valence-electron chi connectivity index (χ4n) is 2.68. The first-order chi connectivity index (χ1) is 13.2. The Balaban J connectivity index is 1.76. The maximum absolute atomic E-state index is 12.6. The molecule has 0 aliphatic heterocycles. The molecule has 0 spiro atoms. The highest BCUT2D eigenvalue weighted by molar-refractivity contribution is 5.93. The average Bonchev–Trinajstić information content (AvgIpc) is 3.19. The van der Waals surface area contributed by atoms with Gasteiger partial charge in [-0.05, 0) is 12.5 Å². The summed E-state index contributed by atoms with van der Waals surface area (Å²) in [4.78, 5) is 24.5. The summed E-state index contributed by atoms with van der Waals surface area (Å²) in [5, 5.41) is 6.78. The van der Waals surface area contributed by atoms with E-state index in [1.165, 1.54) is 0 Å². The van der Waals surface area contributed by atoms with Gasteiger partial charge in [0, 0.05) is 11.6 Å². The lowest BCUT2D eigenvalue weighted by atomic mass is 10.0. The van der Waals surface area contributed by atoms with Crippen LogP contribution in [0.5, 0.6) is 0 Å². The first kappa shape index (κ1) is 18.4. The van der Waals surface area contributed by atoms with Crippen molar-refractivity contribution in [3.8, 4) is 11.3 Å². The summed E-state index contributed by atoms with van der Waals surface area (Å²) >= 11 is 0. The molecule has 1 atom stereocenters. The standard InChI is InChI=1S/C21H20N2O4/c1-2-26-20(24)14-17(15-9-5-3-6-10-15)22-21(25)19-13-18(23-27-19)16-11-7-4-8-12-16/h3-13,17H,2,14H2,1H3,(H,22,25). The highest BCUT2D eigenvalue weighted by Crippen LogP contribution is 2.21. The fraction of sp³-hybridized carbons (Fsp3) is 0.190. The van der Waals surface area contributed by atoms with E-state index in [1.807, 2.05) is 60.7 Å². The smallest absolute Gasteiger partial charge is 0.308 e. The van der Waals surface area contributed by atoms with E-state index in [4.69, 9.17) is 9.26 Å². The Bertz CT molecular complexity index is 891. The molecule has 3 rings (SSSR count). The third kappa shape index (κ3) is 4.82. The van der Waals surface area contributed by atoms with Crippen LogP contribution in [0.15, 0.2) is 71.3 Å². The van der Waals surface area contributed by atoms with Gasteiger partial charge < -0.3 is 14.6 Å². The molecule has 6 heteroatoms. The molecule has 0 fully saturated rings. The van der Waals surface area contributed by atoms with Crippen LogP contribution in [0.25, 0.3) is 11.3 Å². The predicted octanol–water partition coefficient (Wildman–Crippen LogP) is 3.77. The van der Waals surface area contributed by atoms with E-state index in [9.17, 15) is 9.59 Å². The van der Waals surface area contributed by atoms with Gasteiger partial charge in [-0.2, -0.15) is 0 Å². The maximum atomic E-state index is 12.6.